The predicted molar refractivity (Wildman–Crippen MR) is 84.1 cm³/mol. The van der Waals surface area contributed by atoms with E-state index in [1.165, 1.54) is 12.0 Å². The van der Waals surface area contributed by atoms with E-state index in [-0.39, 0.29) is 11.3 Å². The Hall–Kier alpha value is -0.670. The number of carbonyl (C=O) groups is 1. The Kier molecular flexibility index (Phi) is 3.76. The van der Waals surface area contributed by atoms with Crippen molar-refractivity contribution >= 4 is 17.1 Å². The van der Waals surface area contributed by atoms with Crippen molar-refractivity contribution in [2.75, 3.05) is 13.1 Å². The standard InChI is InChI=1S/C17H25NOS/c1-12-14-7-10-20-15(14)6-9-18(12)11-13-5-4-8-17(2,3)16(13)19/h7,10,12-13H,4-6,8-9,11H2,1-3H3. The van der Waals surface area contributed by atoms with E-state index in [0.717, 1.165) is 32.4 Å². The first-order chi connectivity index (χ1) is 9.49. The van der Waals surface area contributed by atoms with Crippen molar-refractivity contribution in [3.63, 3.8) is 0 Å². The number of hydrogen-bond donors (Lipinski definition) is 0. The second-order valence-electron chi connectivity index (χ2n) is 7.06. The molecule has 1 aromatic heterocycles. The van der Waals surface area contributed by atoms with Crippen molar-refractivity contribution in [3.05, 3.63) is 21.9 Å². The fraction of sp³-hybridized carbons (Fsp3) is 0.706. The number of nitrogens with zero attached hydrogens (tertiary/aromatic N) is 1. The van der Waals surface area contributed by atoms with Gasteiger partial charge in [0, 0.05) is 35.3 Å². The second-order valence-corrected chi connectivity index (χ2v) is 8.06. The molecule has 0 radical (unpaired) electrons. The Morgan fingerprint density at radius 3 is 3.05 bits per heavy atom. The first kappa shape index (κ1) is 14.3. The molecule has 2 unspecified atom stereocenters. The van der Waals surface area contributed by atoms with Crippen LogP contribution in [0.15, 0.2) is 11.4 Å². The zero-order valence-corrected chi connectivity index (χ0v) is 13.6. The van der Waals surface area contributed by atoms with Gasteiger partial charge >= 0.3 is 0 Å². The van der Waals surface area contributed by atoms with Crippen LogP contribution in [0.1, 0.15) is 56.5 Å². The molecule has 0 amide bonds. The fourth-order valence-electron chi connectivity index (χ4n) is 3.87. The quantitative estimate of drug-likeness (QED) is 0.819. The number of thiophene rings is 1. The van der Waals surface area contributed by atoms with Crippen LogP contribution < -0.4 is 0 Å². The molecule has 110 valence electrons. The number of Topliss-reactive ketones (excluding diaryl/α,β-unsaturated/α-hetero) is 1. The van der Waals surface area contributed by atoms with E-state index in [1.54, 1.807) is 4.88 Å². The molecule has 2 nitrogen and oxygen atoms in total. The minimum Gasteiger partial charge on any atom is -0.299 e. The SMILES string of the molecule is CC1c2ccsc2CCN1CC1CCCC(C)(C)C1=O. The largest absolute Gasteiger partial charge is 0.299 e. The molecule has 2 atom stereocenters. The van der Waals surface area contributed by atoms with Gasteiger partial charge in [0.05, 0.1) is 0 Å². The normalized spacial score (nSPS) is 30.2. The number of hydrogen-bond acceptors (Lipinski definition) is 3. The summed E-state index contributed by atoms with van der Waals surface area (Å²) in [5, 5.41) is 2.21. The van der Waals surface area contributed by atoms with Gasteiger partial charge < -0.3 is 0 Å². The van der Waals surface area contributed by atoms with Gasteiger partial charge in [0.15, 0.2) is 0 Å². The van der Waals surface area contributed by atoms with Gasteiger partial charge in [0.1, 0.15) is 5.78 Å². The number of carbonyl (C=O) groups excluding carboxylic acids is 1. The lowest BCUT2D eigenvalue weighted by atomic mass is 9.70. The van der Waals surface area contributed by atoms with E-state index in [1.807, 2.05) is 11.3 Å². The van der Waals surface area contributed by atoms with Crippen molar-refractivity contribution in [3.8, 4) is 0 Å². The maximum absolute atomic E-state index is 12.6. The summed E-state index contributed by atoms with van der Waals surface area (Å²) in [6, 6.07) is 2.74. The highest BCUT2D eigenvalue weighted by Gasteiger charge is 2.38. The summed E-state index contributed by atoms with van der Waals surface area (Å²) >= 11 is 1.88. The fourth-order valence-corrected chi connectivity index (χ4v) is 4.83. The van der Waals surface area contributed by atoms with Gasteiger partial charge in [-0.25, -0.2) is 0 Å². The van der Waals surface area contributed by atoms with Gasteiger partial charge in [-0.05, 0) is 43.2 Å². The monoisotopic (exact) mass is 291 g/mol. The average molecular weight is 291 g/mol. The average Bonchev–Trinajstić information content (AvgIpc) is 2.87. The van der Waals surface area contributed by atoms with Gasteiger partial charge in [-0.2, -0.15) is 0 Å². The smallest absolute Gasteiger partial charge is 0.142 e. The molecule has 0 saturated heterocycles. The van der Waals surface area contributed by atoms with E-state index in [0.29, 0.717) is 11.8 Å². The third-order valence-electron chi connectivity index (χ3n) is 5.25. The van der Waals surface area contributed by atoms with Crippen LogP contribution in [0.25, 0.3) is 0 Å². The van der Waals surface area contributed by atoms with Crippen molar-refractivity contribution < 1.29 is 4.79 Å². The summed E-state index contributed by atoms with van der Waals surface area (Å²) in [6.45, 7) is 8.61. The van der Waals surface area contributed by atoms with Crippen LogP contribution in [0.2, 0.25) is 0 Å². The van der Waals surface area contributed by atoms with Gasteiger partial charge in [0.25, 0.3) is 0 Å². The molecule has 2 aliphatic rings. The highest BCUT2D eigenvalue weighted by molar-refractivity contribution is 7.10. The van der Waals surface area contributed by atoms with Crippen molar-refractivity contribution in [2.24, 2.45) is 11.3 Å². The third kappa shape index (κ3) is 2.46. The summed E-state index contributed by atoms with van der Waals surface area (Å²) in [5.74, 6) is 0.744. The Morgan fingerprint density at radius 2 is 2.25 bits per heavy atom. The van der Waals surface area contributed by atoms with Crippen molar-refractivity contribution in [1.29, 1.82) is 0 Å². The molecule has 2 heterocycles. The molecule has 0 N–H and O–H groups in total. The summed E-state index contributed by atoms with van der Waals surface area (Å²) in [7, 11) is 0. The summed E-state index contributed by atoms with van der Waals surface area (Å²) in [4.78, 5) is 16.7. The van der Waals surface area contributed by atoms with E-state index in [9.17, 15) is 4.79 Å². The van der Waals surface area contributed by atoms with E-state index < -0.39 is 0 Å². The molecule has 1 saturated carbocycles. The van der Waals surface area contributed by atoms with E-state index in [4.69, 9.17) is 0 Å². The minimum absolute atomic E-state index is 0.102. The number of ketones is 1. The summed E-state index contributed by atoms with van der Waals surface area (Å²) in [5.41, 5.74) is 1.39. The molecule has 0 spiro atoms. The second kappa shape index (κ2) is 5.27. The minimum atomic E-state index is -0.102. The Bertz CT molecular complexity index is 505. The lowest BCUT2D eigenvalue weighted by Gasteiger charge is -2.39. The van der Waals surface area contributed by atoms with Crippen molar-refractivity contribution in [2.45, 2.75) is 52.5 Å². The first-order valence-corrected chi connectivity index (χ1v) is 8.71. The molecule has 20 heavy (non-hydrogen) atoms. The number of fused-ring (bicyclic) bond motifs is 1. The Balaban J connectivity index is 1.71. The van der Waals surface area contributed by atoms with E-state index in [2.05, 4.69) is 37.1 Å². The molecule has 0 aromatic carbocycles. The molecule has 1 fully saturated rings. The van der Waals surface area contributed by atoms with Crippen LogP contribution in [0.3, 0.4) is 0 Å². The zero-order valence-electron chi connectivity index (χ0n) is 12.8. The Morgan fingerprint density at radius 1 is 1.45 bits per heavy atom. The molecule has 0 bridgehead atoms. The van der Waals surface area contributed by atoms with Gasteiger partial charge in [-0.15, -0.1) is 11.3 Å². The topological polar surface area (TPSA) is 20.3 Å². The lowest BCUT2D eigenvalue weighted by Crippen LogP contribution is -2.44. The maximum Gasteiger partial charge on any atom is 0.142 e. The highest BCUT2D eigenvalue weighted by atomic mass is 32.1. The molecule has 1 aliphatic heterocycles. The summed E-state index contributed by atoms with van der Waals surface area (Å²) in [6.07, 6.45) is 4.51. The van der Waals surface area contributed by atoms with Crippen LogP contribution in [0.5, 0.6) is 0 Å². The van der Waals surface area contributed by atoms with Gasteiger partial charge in [-0.3, -0.25) is 9.69 Å². The maximum atomic E-state index is 12.6. The first-order valence-electron chi connectivity index (χ1n) is 7.83. The molecule has 3 heteroatoms. The number of rotatable bonds is 2. The van der Waals surface area contributed by atoms with Crippen molar-refractivity contribution in [1.82, 2.24) is 4.90 Å². The van der Waals surface area contributed by atoms with Crippen LogP contribution in [-0.2, 0) is 11.2 Å². The van der Waals surface area contributed by atoms with Crippen LogP contribution in [-0.4, -0.2) is 23.8 Å². The molecular weight excluding hydrogens is 266 g/mol. The molecule has 1 aliphatic carbocycles. The van der Waals surface area contributed by atoms with Crippen LogP contribution in [0, 0.1) is 11.3 Å². The third-order valence-corrected chi connectivity index (χ3v) is 6.25. The van der Waals surface area contributed by atoms with Crippen LogP contribution in [0.4, 0.5) is 0 Å². The molecule has 3 rings (SSSR count). The lowest BCUT2D eigenvalue weighted by molar-refractivity contribution is -0.135. The molecule has 1 aromatic rings. The summed E-state index contributed by atoms with van der Waals surface area (Å²) < 4.78 is 0. The highest BCUT2D eigenvalue weighted by Crippen LogP contribution is 2.38. The molecular formula is C17H25NOS. The zero-order chi connectivity index (χ0) is 14.3. The van der Waals surface area contributed by atoms with Gasteiger partial charge in [0.2, 0.25) is 0 Å². The van der Waals surface area contributed by atoms with Crippen LogP contribution >= 0.6 is 11.3 Å². The predicted octanol–water partition coefficient (Wildman–Crippen LogP) is 4.06. The Labute approximate surface area is 126 Å². The van der Waals surface area contributed by atoms with E-state index >= 15 is 0 Å². The van der Waals surface area contributed by atoms with Gasteiger partial charge in [-0.1, -0.05) is 20.3 Å².